The molecule has 0 aliphatic rings. The minimum Gasteiger partial charge on any atom is -0.319 e. The monoisotopic (exact) mass is 347 g/mol. The molecule has 0 saturated heterocycles. The quantitative estimate of drug-likeness (QED) is 0.708. The van der Waals surface area contributed by atoms with E-state index < -0.39 is 0 Å². The number of tetrazole rings is 1. The van der Waals surface area contributed by atoms with Crippen LogP contribution in [0.3, 0.4) is 0 Å². The third-order valence-corrected chi connectivity index (χ3v) is 4.12. The Morgan fingerprint density at radius 2 is 2.08 bits per heavy atom. The summed E-state index contributed by atoms with van der Waals surface area (Å²) >= 11 is 6.04. The molecular formula is C16H15ClFN5O. The molecule has 0 fully saturated rings. The molecule has 6 nitrogen and oxygen atoms in total. The number of hydrogen-bond acceptors (Lipinski definition) is 4. The molecule has 0 radical (unpaired) electrons. The van der Waals surface area contributed by atoms with Gasteiger partial charge in [-0.05, 0) is 40.6 Å². The lowest BCUT2D eigenvalue weighted by atomic mass is 10.1. The highest BCUT2D eigenvalue weighted by Gasteiger charge is 2.11. The van der Waals surface area contributed by atoms with Gasteiger partial charge in [-0.25, -0.2) is 9.07 Å². The van der Waals surface area contributed by atoms with Crippen LogP contribution < -0.4 is 5.56 Å². The highest BCUT2D eigenvalue weighted by atomic mass is 35.5. The van der Waals surface area contributed by atoms with Gasteiger partial charge >= 0.3 is 0 Å². The molecule has 3 aromatic rings. The zero-order chi connectivity index (χ0) is 17.1. The van der Waals surface area contributed by atoms with E-state index in [0.29, 0.717) is 35.8 Å². The van der Waals surface area contributed by atoms with Crippen LogP contribution in [0.25, 0.3) is 0 Å². The number of pyridine rings is 1. The maximum atomic E-state index is 13.8. The fraction of sp³-hybridized carbons (Fsp3) is 0.250. The molecule has 3 rings (SSSR count). The fourth-order valence-electron chi connectivity index (χ4n) is 2.39. The Bertz CT molecular complexity index is 901. The fourth-order valence-corrected chi connectivity index (χ4v) is 2.65. The highest BCUT2D eigenvalue weighted by molar-refractivity contribution is 6.31. The van der Waals surface area contributed by atoms with Crippen molar-refractivity contribution in [3.05, 3.63) is 74.7 Å². The SMILES string of the molecule is Cn1ccc(Cn2nnnc2CCc2c(F)cccc2Cl)cc1=O. The van der Waals surface area contributed by atoms with Crippen molar-refractivity contribution < 1.29 is 4.39 Å². The van der Waals surface area contributed by atoms with Crippen molar-refractivity contribution in [2.45, 2.75) is 19.4 Å². The van der Waals surface area contributed by atoms with Crippen molar-refractivity contribution in [3.8, 4) is 0 Å². The molecular weight excluding hydrogens is 333 g/mol. The first-order valence-corrected chi connectivity index (χ1v) is 7.76. The summed E-state index contributed by atoms with van der Waals surface area (Å²) in [5, 5.41) is 12.0. The molecule has 0 unspecified atom stereocenters. The molecule has 8 heteroatoms. The van der Waals surface area contributed by atoms with Crippen LogP contribution in [0.2, 0.25) is 5.02 Å². The van der Waals surface area contributed by atoms with Gasteiger partial charge in [0.2, 0.25) is 0 Å². The molecule has 0 atom stereocenters. The number of halogens is 2. The van der Waals surface area contributed by atoms with Crippen molar-refractivity contribution in [2.24, 2.45) is 7.05 Å². The molecule has 24 heavy (non-hydrogen) atoms. The van der Waals surface area contributed by atoms with Crippen LogP contribution in [0.15, 0.2) is 41.3 Å². The normalized spacial score (nSPS) is 11.0. The number of rotatable bonds is 5. The Labute approximate surface area is 142 Å². The summed E-state index contributed by atoms with van der Waals surface area (Å²) in [6, 6.07) is 7.98. The molecule has 0 bridgehead atoms. The number of aromatic nitrogens is 5. The van der Waals surface area contributed by atoms with Crippen molar-refractivity contribution in [1.29, 1.82) is 0 Å². The van der Waals surface area contributed by atoms with Gasteiger partial charge in [0.05, 0.1) is 6.54 Å². The van der Waals surface area contributed by atoms with Crippen molar-refractivity contribution in [3.63, 3.8) is 0 Å². The number of aryl methyl sites for hydroxylation is 2. The minimum atomic E-state index is -0.340. The van der Waals surface area contributed by atoms with Gasteiger partial charge in [0, 0.05) is 36.3 Å². The van der Waals surface area contributed by atoms with Gasteiger partial charge in [-0.15, -0.1) is 5.10 Å². The smallest absolute Gasteiger partial charge is 0.250 e. The topological polar surface area (TPSA) is 65.6 Å². The number of benzene rings is 1. The van der Waals surface area contributed by atoms with E-state index in [-0.39, 0.29) is 11.4 Å². The lowest BCUT2D eigenvalue weighted by molar-refractivity contribution is 0.593. The number of hydrogen-bond donors (Lipinski definition) is 0. The van der Waals surface area contributed by atoms with E-state index in [1.165, 1.54) is 10.6 Å². The van der Waals surface area contributed by atoms with Crippen LogP contribution in [0, 0.1) is 5.82 Å². The average molecular weight is 348 g/mol. The van der Waals surface area contributed by atoms with Crippen molar-refractivity contribution >= 4 is 11.6 Å². The van der Waals surface area contributed by atoms with Gasteiger partial charge in [0.25, 0.3) is 5.56 Å². The van der Waals surface area contributed by atoms with E-state index in [1.54, 1.807) is 36.1 Å². The summed E-state index contributed by atoms with van der Waals surface area (Å²) in [5.74, 6) is 0.267. The largest absolute Gasteiger partial charge is 0.319 e. The first-order valence-electron chi connectivity index (χ1n) is 7.38. The Hall–Kier alpha value is -2.54. The molecule has 0 aliphatic heterocycles. The third-order valence-electron chi connectivity index (χ3n) is 3.77. The summed E-state index contributed by atoms with van der Waals surface area (Å²) < 4.78 is 16.9. The van der Waals surface area contributed by atoms with Gasteiger partial charge in [-0.2, -0.15) is 0 Å². The first-order chi connectivity index (χ1) is 11.5. The van der Waals surface area contributed by atoms with Gasteiger partial charge in [-0.3, -0.25) is 4.79 Å². The summed E-state index contributed by atoms with van der Waals surface area (Å²) in [4.78, 5) is 11.7. The van der Waals surface area contributed by atoms with Crippen molar-refractivity contribution in [1.82, 2.24) is 24.8 Å². The van der Waals surface area contributed by atoms with Gasteiger partial charge in [0.15, 0.2) is 5.82 Å². The lowest BCUT2D eigenvalue weighted by Gasteiger charge is -2.07. The molecule has 0 amide bonds. The summed E-state index contributed by atoms with van der Waals surface area (Å²) in [7, 11) is 1.69. The van der Waals surface area contributed by atoms with Crippen LogP contribution in [0.1, 0.15) is 17.0 Å². The maximum Gasteiger partial charge on any atom is 0.250 e. The Balaban J connectivity index is 1.76. The zero-order valence-corrected chi connectivity index (χ0v) is 13.7. The second-order valence-electron chi connectivity index (χ2n) is 5.44. The zero-order valence-electron chi connectivity index (χ0n) is 13.0. The molecule has 2 aromatic heterocycles. The summed E-state index contributed by atoms with van der Waals surface area (Å²) in [6.07, 6.45) is 2.53. The van der Waals surface area contributed by atoms with E-state index in [0.717, 1.165) is 5.56 Å². The van der Waals surface area contributed by atoms with Gasteiger partial charge in [0.1, 0.15) is 5.82 Å². The van der Waals surface area contributed by atoms with Crippen LogP contribution in [-0.4, -0.2) is 24.8 Å². The molecule has 0 saturated carbocycles. The second-order valence-corrected chi connectivity index (χ2v) is 5.84. The van der Waals surface area contributed by atoms with Crippen molar-refractivity contribution in [2.75, 3.05) is 0 Å². The minimum absolute atomic E-state index is 0.0970. The Morgan fingerprint density at radius 1 is 1.25 bits per heavy atom. The molecule has 0 spiro atoms. The van der Waals surface area contributed by atoms with E-state index >= 15 is 0 Å². The van der Waals surface area contributed by atoms with Gasteiger partial charge < -0.3 is 4.57 Å². The van der Waals surface area contributed by atoms with E-state index in [2.05, 4.69) is 15.5 Å². The highest BCUT2D eigenvalue weighted by Crippen LogP contribution is 2.20. The third kappa shape index (κ3) is 3.51. The Morgan fingerprint density at radius 3 is 2.83 bits per heavy atom. The average Bonchev–Trinajstić information content (AvgIpc) is 2.98. The molecule has 2 heterocycles. The summed E-state index contributed by atoms with van der Waals surface area (Å²) in [5.41, 5.74) is 1.15. The van der Waals surface area contributed by atoms with Gasteiger partial charge in [-0.1, -0.05) is 17.7 Å². The van der Waals surface area contributed by atoms with E-state index in [1.807, 2.05) is 6.07 Å². The van der Waals surface area contributed by atoms with Crippen LogP contribution in [0.5, 0.6) is 0 Å². The Kier molecular flexibility index (Phi) is 4.71. The predicted octanol–water partition coefficient (Wildman–Crippen LogP) is 2.00. The standard InChI is InChI=1S/C16H15ClFN5O/c1-22-8-7-11(9-16(22)24)10-23-15(19-20-21-23)6-5-12-13(17)3-2-4-14(12)18/h2-4,7-9H,5-6,10H2,1H3. The lowest BCUT2D eigenvalue weighted by Crippen LogP contribution is -2.17. The maximum absolute atomic E-state index is 13.8. The van der Waals surface area contributed by atoms with Crippen LogP contribution in [-0.2, 0) is 26.4 Å². The van der Waals surface area contributed by atoms with E-state index in [4.69, 9.17) is 11.6 Å². The molecule has 124 valence electrons. The molecule has 0 aliphatic carbocycles. The number of nitrogens with zero attached hydrogens (tertiary/aromatic N) is 5. The predicted molar refractivity (Wildman–Crippen MR) is 87.4 cm³/mol. The second kappa shape index (κ2) is 6.92. The van der Waals surface area contributed by atoms with E-state index in [9.17, 15) is 9.18 Å². The molecule has 1 aromatic carbocycles. The van der Waals surface area contributed by atoms with Crippen LogP contribution >= 0.6 is 11.6 Å². The first kappa shape index (κ1) is 16.3. The molecule has 0 N–H and O–H groups in total. The van der Waals surface area contributed by atoms with Crippen LogP contribution in [0.4, 0.5) is 4.39 Å². The summed E-state index contributed by atoms with van der Waals surface area (Å²) in [6.45, 7) is 0.378.